The van der Waals surface area contributed by atoms with Crippen molar-refractivity contribution in [3.05, 3.63) is 35.9 Å². The van der Waals surface area contributed by atoms with Crippen molar-refractivity contribution in [1.29, 1.82) is 0 Å². The molecule has 2 heteroatoms. The lowest BCUT2D eigenvalue weighted by molar-refractivity contribution is -0.124. The molecule has 1 N–H and O–H groups in total. The lowest BCUT2D eigenvalue weighted by atomic mass is 9.94. The first kappa shape index (κ1) is 12.7. The molecular weight excluding hydrogens is 234 g/mol. The Balaban J connectivity index is 1.67. The molecule has 2 nitrogen and oxygen atoms in total. The van der Waals surface area contributed by atoms with Gasteiger partial charge in [0.15, 0.2) is 0 Å². The molecule has 0 aliphatic heterocycles. The molecule has 19 heavy (non-hydrogen) atoms. The monoisotopic (exact) mass is 257 g/mol. The molecule has 0 aromatic heterocycles. The van der Waals surface area contributed by atoms with Crippen LogP contribution in [0.3, 0.4) is 0 Å². The lowest BCUT2D eigenvalue weighted by Crippen LogP contribution is -2.41. The number of carbonyl (C=O) groups is 1. The number of amides is 1. The summed E-state index contributed by atoms with van der Waals surface area (Å²) in [5, 5.41) is 3.32. The van der Waals surface area contributed by atoms with Gasteiger partial charge in [-0.3, -0.25) is 4.79 Å². The smallest absolute Gasteiger partial charge is 0.230 e. The van der Waals surface area contributed by atoms with Crippen molar-refractivity contribution < 1.29 is 4.79 Å². The zero-order chi connectivity index (χ0) is 13.1. The lowest BCUT2D eigenvalue weighted by Gasteiger charge is -2.21. The molecule has 102 valence electrons. The Hall–Kier alpha value is -1.31. The Labute approximate surface area is 115 Å². The van der Waals surface area contributed by atoms with E-state index in [0.717, 1.165) is 25.7 Å². The molecule has 0 saturated heterocycles. The SMILES string of the molecule is O=C(NC1CCCCCC1)C1(c2ccccc2)CC1. The molecule has 0 radical (unpaired) electrons. The van der Waals surface area contributed by atoms with E-state index in [0.29, 0.717) is 6.04 Å². The Kier molecular flexibility index (Phi) is 3.58. The number of benzene rings is 1. The van der Waals surface area contributed by atoms with E-state index in [1.807, 2.05) is 18.2 Å². The average molecular weight is 257 g/mol. The highest BCUT2D eigenvalue weighted by Crippen LogP contribution is 2.48. The van der Waals surface area contributed by atoms with Crippen molar-refractivity contribution in [2.24, 2.45) is 0 Å². The van der Waals surface area contributed by atoms with Gasteiger partial charge in [0, 0.05) is 6.04 Å². The van der Waals surface area contributed by atoms with Crippen LogP contribution in [0, 0.1) is 0 Å². The van der Waals surface area contributed by atoms with Gasteiger partial charge >= 0.3 is 0 Å². The Morgan fingerprint density at radius 1 is 1.00 bits per heavy atom. The van der Waals surface area contributed by atoms with Gasteiger partial charge in [-0.05, 0) is 31.2 Å². The highest BCUT2D eigenvalue weighted by molar-refractivity contribution is 5.91. The molecule has 0 unspecified atom stereocenters. The fraction of sp³-hybridized carbons (Fsp3) is 0.588. The van der Waals surface area contributed by atoms with Gasteiger partial charge in [-0.15, -0.1) is 0 Å². The molecule has 0 heterocycles. The second kappa shape index (κ2) is 5.36. The molecule has 2 aliphatic rings. The van der Waals surface area contributed by atoms with Gasteiger partial charge < -0.3 is 5.32 Å². The third-order valence-electron chi connectivity index (χ3n) is 4.70. The predicted octanol–water partition coefficient (Wildman–Crippen LogP) is 3.56. The Morgan fingerprint density at radius 2 is 1.63 bits per heavy atom. The zero-order valence-electron chi connectivity index (χ0n) is 11.5. The maximum Gasteiger partial charge on any atom is 0.230 e. The summed E-state index contributed by atoms with van der Waals surface area (Å²) in [5.74, 6) is 0.269. The quantitative estimate of drug-likeness (QED) is 0.824. The van der Waals surface area contributed by atoms with Crippen LogP contribution in [0.2, 0.25) is 0 Å². The van der Waals surface area contributed by atoms with Crippen LogP contribution in [0.15, 0.2) is 30.3 Å². The summed E-state index contributed by atoms with van der Waals surface area (Å²) in [4.78, 5) is 12.6. The van der Waals surface area contributed by atoms with Gasteiger partial charge in [0.1, 0.15) is 0 Å². The summed E-state index contributed by atoms with van der Waals surface area (Å²) in [6.45, 7) is 0. The minimum atomic E-state index is -0.201. The minimum absolute atomic E-state index is 0.201. The summed E-state index contributed by atoms with van der Waals surface area (Å²) >= 11 is 0. The van der Waals surface area contributed by atoms with Crippen LogP contribution in [-0.4, -0.2) is 11.9 Å². The van der Waals surface area contributed by atoms with Crippen LogP contribution in [-0.2, 0) is 10.2 Å². The Morgan fingerprint density at radius 3 is 2.21 bits per heavy atom. The molecule has 2 aliphatic carbocycles. The molecule has 2 saturated carbocycles. The van der Waals surface area contributed by atoms with Crippen molar-refractivity contribution in [1.82, 2.24) is 5.32 Å². The normalized spacial score (nSPS) is 22.5. The first-order valence-corrected chi connectivity index (χ1v) is 7.68. The summed E-state index contributed by atoms with van der Waals surface area (Å²) in [5.41, 5.74) is 0.995. The third kappa shape index (κ3) is 2.68. The molecule has 1 aromatic carbocycles. The molecule has 1 aromatic rings. The summed E-state index contributed by atoms with van der Waals surface area (Å²) in [6, 6.07) is 10.7. The fourth-order valence-electron chi connectivity index (χ4n) is 3.28. The van der Waals surface area contributed by atoms with E-state index in [-0.39, 0.29) is 11.3 Å². The second-order valence-electron chi connectivity index (χ2n) is 6.11. The molecule has 0 spiro atoms. The Bertz CT molecular complexity index is 428. The van der Waals surface area contributed by atoms with E-state index in [1.165, 1.54) is 31.2 Å². The van der Waals surface area contributed by atoms with E-state index in [4.69, 9.17) is 0 Å². The topological polar surface area (TPSA) is 29.1 Å². The van der Waals surface area contributed by atoms with Crippen LogP contribution >= 0.6 is 0 Å². The summed E-state index contributed by atoms with van der Waals surface area (Å²) in [7, 11) is 0. The fourth-order valence-corrected chi connectivity index (χ4v) is 3.28. The van der Waals surface area contributed by atoms with E-state index in [2.05, 4.69) is 17.4 Å². The van der Waals surface area contributed by atoms with Crippen molar-refractivity contribution in [3.8, 4) is 0 Å². The minimum Gasteiger partial charge on any atom is -0.353 e. The summed E-state index contributed by atoms with van der Waals surface area (Å²) < 4.78 is 0. The highest BCUT2D eigenvalue weighted by Gasteiger charge is 2.51. The maximum absolute atomic E-state index is 12.6. The van der Waals surface area contributed by atoms with E-state index in [1.54, 1.807) is 0 Å². The zero-order valence-corrected chi connectivity index (χ0v) is 11.5. The summed E-state index contributed by atoms with van der Waals surface area (Å²) in [6.07, 6.45) is 9.54. The molecule has 2 fully saturated rings. The van der Waals surface area contributed by atoms with Crippen LogP contribution in [0.5, 0.6) is 0 Å². The maximum atomic E-state index is 12.6. The van der Waals surface area contributed by atoms with Gasteiger partial charge in [-0.1, -0.05) is 56.0 Å². The molecule has 1 amide bonds. The number of rotatable bonds is 3. The van der Waals surface area contributed by atoms with Crippen molar-refractivity contribution in [2.75, 3.05) is 0 Å². The van der Waals surface area contributed by atoms with Crippen LogP contribution in [0.25, 0.3) is 0 Å². The number of hydrogen-bond acceptors (Lipinski definition) is 1. The van der Waals surface area contributed by atoms with Gasteiger partial charge in [0.2, 0.25) is 5.91 Å². The van der Waals surface area contributed by atoms with E-state index >= 15 is 0 Å². The number of hydrogen-bond donors (Lipinski definition) is 1. The van der Waals surface area contributed by atoms with Crippen LogP contribution in [0.1, 0.15) is 56.9 Å². The highest BCUT2D eigenvalue weighted by atomic mass is 16.2. The van der Waals surface area contributed by atoms with Crippen LogP contribution < -0.4 is 5.32 Å². The number of nitrogens with one attached hydrogen (secondary N) is 1. The van der Waals surface area contributed by atoms with Crippen molar-refractivity contribution >= 4 is 5.91 Å². The van der Waals surface area contributed by atoms with Crippen molar-refractivity contribution in [2.45, 2.75) is 62.8 Å². The van der Waals surface area contributed by atoms with Crippen LogP contribution in [0.4, 0.5) is 0 Å². The molecular formula is C17H23NO. The largest absolute Gasteiger partial charge is 0.353 e. The standard InChI is InChI=1S/C17H23NO/c19-16(18-15-10-6-1-2-7-11-15)17(12-13-17)14-8-4-3-5-9-14/h3-5,8-9,15H,1-2,6-7,10-13H2,(H,18,19). The number of carbonyl (C=O) groups excluding carboxylic acids is 1. The van der Waals surface area contributed by atoms with Gasteiger partial charge in [-0.25, -0.2) is 0 Å². The third-order valence-corrected chi connectivity index (χ3v) is 4.70. The van der Waals surface area contributed by atoms with E-state index in [9.17, 15) is 4.79 Å². The second-order valence-corrected chi connectivity index (χ2v) is 6.11. The molecule has 3 rings (SSSR count). The van der Waals surface area contributed by atoms with Crippen molar-refractivity contribution in [3.63, 3.8) is 0 Å². The van der Waals surface area contributed by atoms with Gasteiger partial charge in [-0.2, -0.15) is 0 Å². The molecule has 0 atom stereocenters. The van der Waals surface area contributed by atoms with Gasteiger partial charge in [0.05, 0.1) is 5.41 Å². The average Bonchev–Trinajstić information content (AvgIpc) is 3.25. The van der Waals surface area contributed by atoms with Gasteiger partial charge in [0.25, 0.3) is 0 Å². The first-order chi connectivity index (χ1) is 9.31. The predicted molar refractivity (Wildman–Crippen MR) is 77.0 cm³/mol. The molecule has 0 bridgehead atoms. The first-order valence-electron chi connectivity index (χ1n) is 7.68. The van der Waals surface area contributed by atoms with E-state index < -0.39 is 0 Å².